The fourth-order valence-electron chi connectivity index (χ4n) is 1.90. The molecular formula is C16H16ClNOS. The van der Waals surface area contributed by atoms with E-state index in [0.29, 0.717) is 6.54 Å². The Bertz CT molecular complexity index is 583. The summed E-state index contributed by atoms with van der Waals surface area (Å²) in [6, 6.07) is 15.3. The van der Waals surface area contributed by atoms with Crippen LogP contribution >= 0.6 is 23.4 Å². The Balaban J connectivity index is 1.90. The summed E-state index contributed by atoms with van der Waals surface area (Å²) < 4.78 is 0. The molecule has 2 aromatic carbocycles. The zero-order valence-electron chi connectivity index (χ0n) is 11.2. The van der Waals surface area contributed by atoms with Crippen molar-refractivity contribution in [2.24, 2.45) is 0 Å². The molecule has 2 aromatic rings. The molecule has 2 rings (SSSR count). The second-order valence-electron chi connectivity index (χ2n) is 4.33. The van der Waals surface area contributed by atoms with Gasteiger partial charge in [0.05, 0.1) is 5.56 Å². The van der Waals surface area contributed by atoms with Gasteiger partial charge in [0, 0.05) is 16.5 Å². The average molecular weight is 306 g/mol. The molecular weight excluding hydrogens is 290 g/mol. The number of thioether (sulfide) groups is 1. The van der Waals surface area contributed by atoms with E-state index in [0.717, 1.165) is 27.5 Å². The van der Waals surface area contributed by atoms with E-state index in [1.54, 1.807) is 11.8 Å². The number of nitrogens with one attached hydrogen (secondary N) is 1. The van der Waals surface area contributed by atoms with Gasteiger partial charge in [-0.15, -0.1) is 11.8 Å². The lowest BCUT2D eigenvalue weighted by Crippen LogP contribution is -2.26. The summed E-state index contributed by atoms with van der Waals surface area (Å²) in [7, 11) is 0. The number of amides is 1. The SMILES string of the molecule is CSc1ccccc1C(=O)NCCc1ccc(Cl)cc1. The molecule has 0 bridgehead atoms. The molecule has 0 aromatic heterocycles. The van der Waals surface area contributed by atoms with Crippen LogP contribution in [0.25, 0.3) is 0 Å². The van der Waals surface area contributed by atoms with Crippen LogP contribution in [-0.2, 0) is 6.42 Å². The molecule has 0 atom stereocenters. The van der Waals surface area contributed by atoms with Crippen LogP contribution < -0.4 is 5.32 Å². The summed E-state index contributed by atoms with van der Waals surface area (Å²) in [5.41, 5.74) is 1.89. The number of rotatable bonds is 5. The van der Waals surface area contributed by atoms with Gasteiger partial charge in [0.1, 0.15) is 0 Å². The molecule has 0 spiro atoms. The first-order valence-corrected chi connectivity index (χ1v) is 7.96. The van der Waals surface area contributed by atoms with Crippen molar-refractivity contribution in [1.82, 2.24) is 5.32 Å². The Morgan fingerprint density at radius 1 is 1.15 bits per heavy atom. The molecule has 2 nitrogen and oxygen atoms in total. The van der Waals surface area contributed by atoms with Gasteiger partial charge >= 0.3 is 0 Å². The smallest absolute Gasteiger partial charge is 0.252 e. The number of benzene rings is 2. The van der Waals surface area contributed by atoms with Gasteiger partial charge in [0.2, 0.25) is 0 Å². The van der Waals surface area contributed by atoms with Crippen LogP contribution in [0, 0.1) is 0 Å². The number of hydrogen-bond acceptors (Lipinski definition) is 2. The molecule has 4 heteroatoms. The van der Waals surface area contributed by atoms with E-state index in [-0.39, 0.29) is 5.91 Å². The Morgan fingerprint density at radius 2 is 1.85 bits per heavy atom. The maximum absolute atomic E-state index is 12.1. The van der Waals surface area contributed by atoms with Crippen molar-refractivity contribution >= 4 is 29.3 Å². The van der Waals surface area contributed by atoms with Gasteiger partial charge in [-0.3, -0.25) is 4.79 Å². The van der Waals surface area contributed by atoms with Gasteiger partial charge in [-0.25, -0.2) is 0 Å². The lowest BCUT2D eigenvalue weighted by atomic mass is 10.1. The van der Waals surface area contributed by atoms with E-state index in [2.05, 4.69) is 5.32 Å². The van der Waals surface area contributed by atoms with Crippen molar-refractivity contribution in [2.45, 2.75) is 11.3 Å². The normalized spacial score (nSPS) is 10.3. The van der Waals surface area contributed by atoms with Gasteiger partial charge < -0.3 is 5.32 Å². The van der Waals surface area contributed by atoms with Gasteiger partial charge in [0.15, 0.2) is 0 Å². The van der Waals surface area contributed by atoms with Crippen molar-refractivity contribution in [3.8, 4) is 0 Å². The minimum atomic E-state index is -0.0242. The van der Waals surface area contributed by atoms with E-state index < -0.39 is 0 Å². The van der Waals surface area contributed by atoms with Crippen LogP contribution in [0.3, 0.4) is 0 Å². The molecule has 0 unspecified atom stereocenters. The summed E-state index contributed by atoms with van der Waals surface area (Å²) in [5, 5.41) is 3.68. The summed E-state index contributed by atoms with van der Waals surface area (Å²) in [6.45, 7) is 0.614. The van der Waals surface area contributed by atoms with Crippen molar-refractivity contribution in [1.29, 1.82) is 0 Å². The quantitative estimate of drug-likeness (QED) is 0.845. The topological polar surface area (TPSA) is 29.1 Å². The predicted molar refractivity (Wildman–Crippen MR) is 85.7 cm³/mol. The largest absolute Gasteiger partial charge is 0.352 e. The first kappa shape index (κ1) is 14.9. The number of carbonyl (C=O) groups excluding carboxylic acids is 1. The minimum absolute atomic E-state index is 0.0242. The summed E-state index contributed by atoms with van der Waals surface area (Å²) >= 11 is 7.42. The predicted octanol–water partition coefficient (Wildman–Crippen LogP) is 4.03. The third-order valence-electron chi connectivity index (χ3n) is 2.96. The maximum Gasteiger partial charge on any atom is 0.252 e. The fourth-order valence-corrected chi connectivity index (χ4v) is 2.62. The lowest BCUT2D eigenvalue weighted by Gasteiger charge is -2.08. The second kappa shape index (κ2) is 7.36. The van der Waals surface area contributed by atoms with Gasteiger partial charge in [-0.2, -0.15) is 0 Å². The van der Waals surface area contributed by atoms with Crippen LogP contribution in [-0.4, -0.2) is 18.7 Å². The van der Waals surface area contributed by atoms with Crippen molar-refractivity contribution < 1.29 is 4.79 Å². The first-order chi connectivity index (χ1) is 9.70. The molecule has 0 saturated carbocycles. The van der Waals surface area contributed by atoms with E-state index in [9.17, 15) is 4.79 Å². The van der Waals surface area contributed by atoms with Crippen LogP contribution in [0.2, 0.25) is 5.02 Å². The van der Waals surface area contributed by atoms with Gasteiger partial charge in [-0.1, -0.05) is 35.9 Å². The lowest BCUT2D eigenvalue weighted by molar-refractivity contribution is 0.0951. The zero-order chi connectivity index (χ0) is 14.4. The molecule has 1 amide bonds. The molecule has 0 saturated heterocycles. The Hall–Kier alpha value is -1.45. The Morgan fingerprint density at radius 3 is 2.55 bits per heavy atom. The van der Waals surface area contributed by atoms with Crippen LogP contribution in [0.1, 0.15) is 15.9 Å². The third-order valence-corrected chi connectivity index (χ3v) is 4.01. The highest BCUT2D eigenvalue weighted by atomic mass is 35.5. The highest BCUT2D eigenvalue weighted by Gasteiger charge is 2.09. The molecule has 1 N–H and O–H groups in total. The van der Waals surface area contributed by atoms with Crippen molar-refractivity contribution in [3.05, 3.63) is 64.7 Å². The molecule has 104 valence electrons. The fraction of sp³-hybridized carbons (Fsp3) is 0.188. The number of halogens is 1. The maximum atomic E-state index is 12.1. The molecule has 20 heavy (non-hydrogen) atoms. The van der Waals surface area contributed by atoms with Crippen molar-refractivity contribution in [2.75, 3.05) is 12.8 Å². The van der Waals surface area contributed by atoms with Crippen LogP contribution in [0.4, 0.5) is 0 Å². The van der Waals surface area contributed by atoms with E-state index in [1.807, 2.05) is 54.8 Å². The first-order valence-electron chi connectivity index (χ1n) is 6.36. The van der Waals surface area contributed by atoms with E-state index in [4.69, 9.17) is 11.6 Å². The molecule has 0 fully saturated rings. The van der Waals surface area contributed by atoms with Crippen molar-refractivity contribution in [3.63, 3.8) is 0 Å². The summed E-state index contributed by atoms with van der Waals surface area (Å²) in [4.78, 5) is 13.1. The van der Waals surface area contributed by atoms with Gasteiger partial charge in [0.25, 0.3) is 5.91 Å². The monoisotopic (exact) mass is 305 g/mol. The van der Waals surface area contributed by atoms with E-state index >= 15 is 0 Å². The van der Waals surface area contributed by atoms with E-state index in [1.165, 1.54) is 0 Å². The molecule has 0 aliphatic carbocycles. The molecule has 0 aliphatic rings. The zero-order valence-corrected chi connectivity index (χ0v) is 12.8. The highest BCUT2D eigenvalue weighted by Crippen LogP contribution is 2.19. The molecule has 0 heterocycles. The molecule has 0 radical (unpaired) electrons. The number of hydrogen-bond donors (Lipinski definition) is 1. The standard InChI is InChI=1S/C16H16ClNOS/c1-20-15-5-3-2-4-14(15)16(19)18-11-10-12-6-8-13(17)9-7-12/h2-9H,10-11H2,1H3,(H,18,19). The minimum Gasteiger partial charge on any atom is -0.352 e. The van der Waals surface area contributed by atoms with Gasteiger partial charge in [-0.05, 0) is 42.5 Å². The summed E-state index contributed by atoms with van der Waals surface area (Å²) in [5.74, 6) is -0.0242. The number of carbonyl (C=O) groups is 1. The average Bonchev–Trinajstić information content (AvgIpc) is 2.49. The third kappa shape index (κ3) is 4.02. The van der Waals surface area contributed by atoms with Crippen LogP contribution in [0.15, 0.2) is 53.4 Å². The summed E-state index contributed by atoms with van der Waals surface area (Å²) in [6.07, 6.45) is 2.77. The van der Waals surface area contributed by atoms with Crippen LogP contribution in [0.5, 0.6) is 0 Å². The highest BCUT2D eigenvalue weighted by molar-refractivity contribution is 7.98. The second-order valence-corrected chi connectivity index (χ2v) is 5.62. The molecule has 0 aliphatic heterocycles. The Kier molecular flexibility index (Phi) is 5.50. The Labute approximate surface area is 128 Å².